The van der Waals surface area contributed by atoms with Crippen LogP contribution >= 0.6 is 0 Å². The van der Waals surface area contributed by atoms with E-state index < -0.39 is 0 Å². The highest BCUT2D eigenvalue weighted by molar-refractivity contribution is 5.20. The smallest absolute Gasteiger partial charge is 0.256 e. The van der Waals surface area contributed by atoms with Crippen molar-refractivity contribution in [1.29, 1.82) is 0 Å². The molecule has 0 unspecified atom stereocenters. The molecule has 0 aromatic carbocycles. The summed E-state index contributed by atoms with van der Waals surface area (Å²) in [5.41, 5.74) is 1.87. The van der Waals surface area contributed by atoms with Crippen LogP contribution in [-0.2, 0) is 13.5 Å². The van der Waals surface area contributed by atoms with Crippen LogP contribution in [0.25, 0.3) is 0 Å². The van der Waals surface area contributed by atoms with Crippen LogP contribution in [0.3, 0.4) is 0 Å². The van der Waals surface area contributed by atoms with Crippen LogP contribution in [0, 0.1) is 0 Å². The summed E-state index contributed by atoms with van der Waals surface area (Å²) in [5, 5.41) is 0. The zero-order valence-electron chi connectivity index (χ0n) is 8.66. The number of aromatic nitrogens is 2. The second-order valence-electron chi connectivity index (χ2n) is 3.53. The third-order valence-electron chi connectivity index (χ3n) is 2.16. The maximum absolute atomic E-state index is 11.7. The van der Waals surface area contributed by atoms with Crippen molar-refractivity contribution >= 4 is 0 Å². The van der Waals surface area contributed by atoms with E-state index in [1.54, 1.807) is 13.4 Å². The molecule has 0 bridgehead atoms. The Hall–Kier alpha value is -1.12. The fraction of sp³-hybridized carbons (Fsp3) is 0.600. The van der Waals surface area contributed by atoms with Gasteiger partial charge < -0.3 is 4.57 Å². The molecule has 1 aromatic heterocycles. The zero-order chi connectivity index (χ0) is 10.0. The van der Waals surface area contributed by atoms with Crippen LogP contribution in [0.4, 0.5) is 0 Å². The quantitative estimate of drug-likeness (QED) is 0.690. The Morgan fingerprint density at radius 1 is 1.54 bits per heavy atom. The maximum Gasteiger partial charge on any atom is 0.256 e. The Morgan fingerprint density at radius 3 is 2.62 bits per heavy atom. The molecule has 3 nitrogen and oxygen atoms in total. The summed E-state index contributed by atoms with van der Waals surface area (Å²) in [5.74, 6) is 0.252. The van der Waals surface area contributed by atoms with Crippen LogP contribution in [-0.4, -0.2) is 9.55 Å². The van der Waals surface area contributed by atoms with Crippen LogP contribution in [0.5, 0.6) is 0 Å². The largest absolute Gasteiger partial charge is 0.302 e. The molecule has 0 saturated heterocycles. The van der Waals surface area contributed by atoms with Gasteiger partial charge in [-0.15, -0.1) is 0 Å². The molecule has 1 aromatic rings. The molecule has 0 atom stereocenters. The van der Waals surface area contributed by atoms with Gasteiger partial charge >= 0.3 is 0 Å². The summed E-state index contributed by atoms with van der Waals surface area (Å²) >= 11 is 0. The van der Waals surface area contributed by atoms with Crippen molar-refractivity contribution in [3.63, 3.8) is 0 Å². The van der Waals surface area contributed by atoms with E-state index in [0.717, 1.165) is 17.7 Å². The van der Waals surface area contributed by atoms with Gasteiger partial charge in [0.05, 0.1) is 12.0 Å². The molecule has 0 radical (unpaired) electrons. The summed E-state index contributed by atoms with van der Waals surface area (Å²) < 4.78 is 1.54. The molecule has 3 heteroatoms. The van der Waals surface area contributed by atoms with E-state index in [2.05, 4.69) is 4.98 Å². The number of hydrogen-bond donors (Lipinski definition) is 0. The second-order valence-corrected chi connectivity index (χ2v) is 3.53. The molecule has 1 rings (SSSR count). The van der Waals surface area contributed by atoms with Crippen molar-refractivity contribution in [1.82, 2.24) is 9.55 Å². The van der Waals surface area contributed by atoms with Gasteiger partial charge in [-0.3, -0.25) is 4.79 Å². The summed E-state index contributed by atoms with van der Waals surface area (Å²) in [6.45, 7) is 6.07. The Morgan fingerprint density at radius 2 is 2.15 bits per heavy atom. The van der Waals surface area contributed by atoms with Gasteiger partial charge in [0, 0.05) is 12.6 Å². The molecule has 0 aliphatic rings. The van der Waals surface area contributed by atoms with Gasteiger partial charge in [0.25, 0.3) is 5.56 Å². The van der Waals surface area contributed by atoms with E-state index in [-0.39, 0.29) is 11.5 Å². The van der Waals surface area contributed by atoms with Crippen molar-refractivity contribution in [2.45, 2.75) is 33.1 Å². The van der Waals surface area contributed by atoms with Gasteiger partial charge in [0.15, 0.2) is 0 Å². The van der Waals surface area contributed by atoms with Gasteiger partial charge in [-0.25, -0.2) is 4.98 Å². The Balaban J connectivity index is 3.42. The van der Waals surface area contributed by atoms with Gasteiger partial charge in [0.1, 0.15) is 0 Å². The molecule has 0 amide bonds. The molecule has 13 heavy (non-hydrogen) atoms. The minimum absolute atomic E-state index is 0.0850. The van der Waals surface area contributed by atoms with Crippen LogP contribution in [0.2, 0.25) is 0 Å². The summed E-state index contributed by atoms with van der Waals surface area (Å²) in [7, 11) is 1.74. The first-order valence-electron chi connectivity index (χ1n) is 4.62. The fourth-order valence-electron chi connectivity index (χ4n) is 1.45. The number of aryl methyl sites for hydroxylation is 2. The van der Waals surface area contributed by atoms with E-state index in [0.29, 0.717) is 0 Å². The lowest BCUT2D eigenvalue weighted by molar-refractivity contribution is 0.727. The first-order chi connectivity index (χ1) is 6.07. The van der Waals surface area contributed by atoms with E-state index in [4.69, 9.17) is 0 Å². The van der Waals surface area contributed by atoms with E-state index in [9.17, 15) is 4.79 Å². The highest BCUT2D eigenvalue weighted by atomic mass is 16.1. The number of hydrogen-bond acceptors (Lipinski definition) is 2. The van der Waals surface area contributed by atoms with Crippen molar-refractivity contribution in [2.75, 3.05) is 0 Å². The average molecular weight is 180 g/mol. The number of rotatable bonds is 2. The predicted molar refractivity (Wildman–Crippen MR) is 52.9 cm³/mol. The van der Waals surface area contributed by atoms with E-state index >= 15 is 0 Å². The fourth-order valence-corrected chi connectivity index (χ4v) is 1.45. The summed E-state index contributed by atoms with van der Waals surface area (Å²) in [6.07, 6.45) is 2.41. The second kappa shape index (κ2) is 3.73. The van der Waals surface area contributed by atoms with Crippen molar-refractivity contribution in [3.8, 4) is 0 Å². The first kappa shape index (κ1) is 9.96. The van der Waals surface area contributed by atoms with Crippen LogP contribution in [0.15, 0.2) is 11.1 Å². The predicted octanol–water partition coefficient (Wildman–Crippen LogP) is 1.47. The Bertz CT molecular complexity index is 352. The van der Waals surface area contributed by atoms with Crippen LogP contribution in [0.1, 0.15) is 37.9 Å². The monoisotopic (exact) mass is 180 g/mol. The van der Waals surface area contributed by atoms with Crippen LogP contribution < -0.4 is 5.56 Å². The first-order valence-corrected chi connectivity index (χ1v) is 4.62. The topological polar surface area (TPSA) is 34.9 Å². The molecule has 0 saturated carbocycles. The minimum atomic E-state index is 0.0850. The van der Waals surface area contributed by atoms with Gasteiger partial charge in [0.2, 0.25) is 0 Å². The third-order valence-corrected chi connectivity index (χ3v) is 2.16. The van der Waals surface area contributed by atoms with Crippen molar-refractivity contribution in [2.24, 2.45) is 7.05 Å². The SMILES string of the molecule is CCc1ncn(C)c(=O)c1C(C)C. The summed E-state index contributed by atoms with van der Waals surface area (Å²) in [4.78, 5) is 16.0. The lowest BCUT2D eigenvalue weighted by atomic mass is 10.0. The van der Waals surface area contributed by atoms with Gasteiger partial charge in [-0.05, 0) is 12.3 Å². The zero-order valence-corrected chi connectivity index (χ0v) is 8.66. The molecule has 0 aliphatic heterocycles. The van der Waals surface area contributed by atoms with Gasteiger partial charge in [-0.2, -0.15) is 0 Å². The third kappa shape index (κ3) is 1.79. The maximum atomic E-state index is 11.7. The number of nitrogens with zero attached hydrogens (tertiary/aromatic N) is 2. The lowest BCUT2D eigenvalue weighted by Gasteiger charge is -2.10. The normalized spacial score (nSPS) is 10.8. The van der Waals surface area contributed by atoms with E-state index in [1.165, 1.54) is 4.57 Å². The standard InChI is InChI=1S/C10H16N2O/c1-5-8-9(7(2)3)10(13)12(4)6-11-8/h6-7H,5H2,1-4H3. The molecule has 0 aliphatic carbocycles. The van der Waals surface area contributed by atoms with Crippen molar-refractivity contribution in [3.05, 3.63) is 27.9 Å². The molecular weight excluding hydrogens is 164 g/mol. The molecule has 1 heterocycles. The molecular formula is C10H16N2O. The molecule has 72 valence electrons. The highest BCUT2D eigenvalue weighted by Gasteiger charge is 2.11. The van der Waals surface area contributed by atoms with Crippen molar-refractivity contribution < 1.29 is 0 Å². The minimum Gasteiger partial charge on any atom is -0.302 e. The summed E-state index contributed by atoms with van der Waals surface area (Å²) in [6, 6.07) is 0. The molecule has 0 N–H and O–H groups in total. The van der Waals surface area contributed by atoms with Gasteiger partial charge in [-0.1, -0.05) is 20.8 Å². The molecule has 0 spiro atoms. The highest BCUT2D eigenvalue weighted by Crippen LogP contribution is 2.12. The Kier molecular flexibility index (Phi) is 2.86. The molecule has 0 fully saturated rings. The van der Waals surface area contributed by atoms with E-state index in [1.807, 2.05) is 20.8 Å². The Labute approximate surface area is 78.4 Å². The average Bonchev–Trinajstić information content (AvgIpc) is 2.08. The lowest BCUT2D eigenvalue weighted by Crippen LogP contribution is -2.24.